The second-order valence-electron chi connectivity index (χ2n) is 5.74. The zero-order chi connectivity index (χ0) is 13.9. The Morgan fingerprint density at radius 2 is 2.05 bits per heavy atom. The fraction of sp³-hybridized carbons (Fsp3) is 0.643. The molecule has 0 radical (unpaired) electrons. The number of nitrogens with one attached hydrogen (secondary N) is 1. The number of anilines is 1. The van der Waals surface area contributed by atoms with E-state index in [1.54, 1.807) is 6.07 Å². The molecule has 1 saturated heterocycles. The molecular formula is C14H20N4O2. The summed E-state index contributed by atoms with van der Waals surface area (Å²) in [5.74, 6) is 1.76. The first-order valence-electron chi connectivity index (χ1n) is 7.31. The normalized spacial score (nSPS) is 20.1. The highest BCUT2D eigenvalue weighted by molar-refractivity contribution is 5.43. The Hall–Kier alpha value is -1.69. The van der Waals surface area contributed by atoms with Crippen molar-refractivity contribution in [2.45, 2.75) is 31.7 Å². The van der Waals surface area contributed by atoms with Gasteiger partial charge in [0.15, 0.2) is 0 Å². The van der Waals surface area contributed by atoms with Crippen molar-refractivity contribution in [1.82, 2.24) is 10.3 Å². The minimum atomic E-state index is -0.412. The average Bonchev–Trinajstić information content (AvgIpc) is 3.30. The van der Waals surface area contributed by atoms with E-state index in [-0.39, 0.29) is 5.69 Å². The summed E-state index contributed by atoms with van der Waals surface area (Å²) < 4.78 is 0. The van der Waals surface area contributed by atoms with Crippen molar-refractivity contribution < 1.29 is 4.92 Å². The lowest BCUT2D eigenvalue weighted by Crippen LogP contribution is -2.43. The minimum absolute atomic E-state index is 0.0507. The Morgan fingerprint density at radius 1 is 1.30 bits per heavy atom. The lowest BCUT2D eigenvalue weighted by atomic mass is 10.0. The highest BCUT2D eigenvalue weighted by Gasteiger charge is 2.24. The van der Waals surface area contributed by atoms with Crippen LogP contribution in [0.1, 0.15) is 25.7 Å². The smallest absolute Gasteiger partial charge is 0.287 e. The summed E-state index contributed by atoms with van der Waals surface area (Å²) in [6.45, 7) is 3.10. The van der Waals surface area contributed by atoms with E-state index in [1.807, 2.05) is 0 Å². The maximum absolute atomic E-state index is 10.6. The van der Waals surface area contributed by atoms with Crippen molar-refractivity contribution >= 4 is 11.5 Å². The number of nitro groups is 1. The Morgan fingerprint density at radius 3 is 2.60 bits per heavy atom. The number of nitrogens with zero attached hydrogens (tertiary/aromatic N) is 3. The van der Waals surface area contributed by atoms with E-state index in [4.69, 9.17) is 0 Å². The molecule has 1 aliphatic heterocycles. The van der Waals surface area contributed by atoms with Gasteiger partial charge in [0.1, 0.15) is 12.0 Å². The van der Waals surface area contributed by atoms with Gasteiger partial charge in [0.25, 0.3) is 5.69 Å². The molecular weight excluding hydrogens is 256 g/mol. The summed E-state index contributed by atoms with van der Waals surface area (Å²) in [6, 6.07) is 3.89. The maximum atomic E-state index is 10.6. The third-order valence-electron chi connectivity index (χ3n) is 4.15. The van der Waals surface area contributed by atoms with Gasteiger partial charge in [-0.1, -0.05) is 0 Å². The topological polar surface area (TPSA) is 71.3 Å². The van der Waals surface area contributed by atoms with Gasteiger partial charge in [0, 0.05) is 25.2 Å². The first-order valence-corrected chi connectivity index (χ1v) is 7.31. The summed E-state index contributed by atoms with van der Waals surface area (Å²) in [5, 5.41) is 14.3. The van der Waals surface area contributed by atoms with Gasteiger partial charge >= 0.3 is 0 Å². The molecule has 1 N–H and O–H groups in total. The van der Waals surface area contributed by atoms with Crippen molar-refractivity contribution in [3.05, 3.63) is 28.4 Å². The summed E-state index contributed by atoms with van der Waals surface area (Å²) >= 11 is 0. The molecule has 108 valence electrons. The molecule has 1 aromatic heterocycles. The summed E-state index contributed by atoms with van der Waals surface area (Å²) in [7, 11) is 0. The van der Waals surface area contributed by atoms with Crippen molar-refractivity contribution in [3.8, 4) is 0 Å². The quantitative estimate of drug-likeness (QED) is 0.657. The van der Waals surface area contributed by atoms with E-state index in [1.165, 1.54) is 31.6 Å². The number of piperidine rings is 1. The Kier molecular flexibility index (Phi) is 3.82. The molecule has 0 bridgehead atoms. The van der Waals surface area contributed by atoms with E-state index in [2.05, 4.69) is 15.2 Å². The number of rotatable bonds is 5. The molecule has 0 unspecified atom stereocenters. The van der Waals surface area contributed by atoms with E-state index in [9.17, 15) is 10.1 Å². The summed E-state index contributed by atoms with van der Waals surface area (Å²) in [5.41, 5.74) is 0.0507. The molecule has 2 heterocycles. The third-order valence-corrected chi connectivity index (χ3v) is 4.15. The maximum Gasteiger partial charge on any atom is 0.287 e. The van der Waals surface area contributed by atoms with Gasteiger partial charge in [0.2, 0.25) is 0 Å². The Balaban J connectivity index is 1.50. The summed E-state index contributed by atoms with van der Waals surface area (Å²) in [6.07, 6.45) is 6.35. The molecule has 20 heavy (non-hydrogen) atoms. The fourth-order valence-electron chi connectivity index (χ4n) is 2.64. The largest absolute Gasteiger partial charge is 0.356 e. The first-order chi connectivity index (χ1) is 9.72. The highest BCUT2D eigenvalue weighted by atomic mass is 16.6. The van der Waals surface area contributed by atoms with Crippen LogP contribution in [0.4, 0.5) is 11.5 Å². The van der Waals surface area contributed by atoms with Gasteiger partial charge in [-0.2, -0.15) is 0 Å². The molecule has 0 aromatic carbocycles. The van der Waals surface area contributed by atoms with Crippen molar-refractivity contribution in [2.75, 3.05) is 24.5 Å². The molecule has 0 amide bonds. The Bertz CT molecular complexity index is 465. The van der Waals surface area contributed by atoms with Crippen LogP contribution in [0.2, 0.25) is 0 Å². The van der Waals surface area contributed by atoms with Gasteiger partial charge in [-0.25, -0.2) is 4.98 Å². The monoisotopic (exact) mass is 276 g/mol. The predicted octanol–water partition coefficient (Wildman–Crippen LogP) is 1.96. The fourth-order valence-corrected chi connectivity index (χ4v) is 2.64. The SMILES string of the molecule is O=[N+]([O-])c1ccc(N2CCC(NCC3CC3)CC2)nc1. The van der Waals surface area contributed by atoms with Crippen LogP contribution in [0.3, 0.4) is 0 Å². The molecule has 1 aromatic rings. The zero-order valence-electron chi connectivity index (χ0n) is 11.5. The molecule has 0 spiro atoms. The van der Waals surface area contributed by atoms with Gasteiger partial charge < -0.3 is 10.2 Å². The van der Waals surface area contributed by atoms with Crippen LogP contribution in [0, 0.1) is 16.0 Å². The van der Waals surface area contributed by atoms with Crippen LogP contribution in [-0.4, -0.2) is 35.6 Å². The molecule has 3 rings (SSSR count). The molecule has 2 aliphatic rings. The molecule has 1 saturated carbocycles. The van der Waals surface area contributed by atoms with Crippen molar-refractivity contribution in [1.29, 1.82) is 0 Å². The highest BCUT2D eigenvalue weighted by Crippen LogP contribution is 2.28. The van der Waals surface area contributed by atoms with E-state index in [0.717, 1.165) is 37.7 Å². The van der Waals surface area contributed by atoms with E-state index < -0.39 is 4.92 Å². The standard InChI is InChI=1S/C14H20N4O2/c19-18(20)13-3-4-14(16-10-13)17-7-5-12(6-8-17)15-9-11-1-2-11/h3-4,10-12,15H,1-2,5-9H2. The predicted molar refractivity (Wildman–Crippen MR) is 76.9 cm³/mol. The van der Waals surface area contributed by atoms with Gasteiger partial charge in [-0.3, -0.25) is 10.1 Å². The third kappa shape index (κ3) is 3.25. The average molecular weight is 276 g/mol. The molecule has 1 aliphatic carbocycles. The summed E-state index contributed by atoms with van der Waals surface area (Å²) in [4.78, 5) is 16.6. The number of hydrogen-bond donors (Lipinski definition) is 1. The second kappa shape index (κ2) is 5.75. The van der Waals surface area contributed by atoms with Crippen LogP contribution in [0.15, 0.2) is 18.3 Å². The van der Waals surface area contributed by atoms with Crippen molar-refractivity contribution in [2.24, 2.45) is 5.92 Å². The van der Waals surface area contributed by atoms with Crippen LogP contribution in [0.5, 0.6) is 0 Å². The molecule has 0 atom stereocenters. The molecule has 6 heteroatoms. The molecule has 2 fully saturated rings. The number of aromatic nitrogens is 1. The van der Waals surface area contributed by atoms with Crippen LogP contribution in [-0.2, 0) is 0 Å². The van der Waals surface area contributed by atoms with Crippen molar-refractivity contribution in [3.63, 3.8) is 0 Å². The van der Waals surface area contributed by atoms with Crippen LogP contribution in [0.25, 0.3) is 0 Å². The van der Waals surface area contributed by atoms with Crippen LogP contribution >= 0.6 is 0 Å². The van der Waals surface area contributed by atoms with Crippen LogP contribution < -0.4 is 10.2 Å². The minimum Gasteiger partial charge on any atom is -0.356 e. The lowest BCUT2D eigenvalue weighted by molar-refractivity contribution is -0.385. The van der Waals surface area contributed by atoms with E-state index >= 15 is 0 Å². The van der Waals surface area contributed by atoms with Gasteiger partial charge in [0.05, 0.1) is 4.92 Å². The second-order valence-corrected chi connectivity index (χ2v) is 5.74. The van der Waals surface area contributed by atoms with Gasteiger partial charge in [-0.05, 0) is 44.2 Å². The first kappa shape index (κ1) is 13.3. The lowest BCUT2D eigenvalue weighted by Gasteiger charge is -2.33. The van der Waals surface area contributed by atoms with E-state index in [0.29, 0.717) is 6.04 Å². The number of pyridine rings is 1. The zero-order valence-corrected chi connectivity index (χ0v) is 11.5. The Labute approximate surface area is 118 Å². The number of hydrogen-bond acceptors (Lipinski definition) is 5. The van der Waals surface area contributed by atoms with Gasteiger partial charge in [-0.15, -0.1) is 0 Å². The molecule has 6 nitrogen and oxygen atoms in total.